The van der Waals surface area contributed by atoms with Crippen LogP contribution in [0.3, 0.4) is 0 Å². The van der Waals surface area contributed by atoms with Crippen molar-refractivity contribution in [2.75, 3.05) is 14.2 Å². The lowest BCUT2D eigenvalue weighted by atomic mass is 10.0. The molecule has 254 valence electrons. The second-order valence-electron chi connectivity index (χ2n) is 11.0. The average molecular weight is 743 g/mol. The normalized spacial score (nSPS) is 11.9. The van der Waals surface area contributed by atoms with E-state index in [1.807, 2.05) is 121 Å². The fourth-order valence-electron chi connectivity index (χ4n) is 5.79. The van der Waals surface area contributed by atoms with Crippen molar-refractivity contribution in [2.24, 2.45) is 0 Å². The zero-order valence-corrected chi connectivity index (χ0v) is 30.3. The van der Waals surface area contributed by atoms with Crippen molar-refractivity contribution in [1.82, 2.24) is 0 Å². The SMILES string of the molecule is COc1cc(S(=O)(=O)O)cc(P(c2ccccc2)c2ccccc2)c1-c1c(OC)cc(S(=O)(=O)O)cc1P(c1ccccc1)c1ccccc1. The summed E-state index contributed by atoms with van der Waals surface area (Å²) < 4.78 is 84.0. The van der Waals surface area contributed by atoms with E-state index < -0.39 is 36.1 Å². The predicted octanol–water partition coefficient (Wildman–Crippen LogP) is 5.38. The summed E-state index contributed by atoms with van der Waals surface area (Å²) in [5.74, 6) is 0.231. The molecule has 0 bridgehead atoms. The third-order valence-electron chi connectivity index (χ3n) is 7.93. The summed E-state index contributed by atoms with van der Waals surface area (Å²) in [6, 6.07) is 43.8. The van der Waals surface area contributed by atoms with Crippen LogP contribution in [-0.4, -0.2) is 40.2 Å². The first-order chi connectivity index (χ1) is 24.0. The van der Waals surface area contributed by atoms with Gasteiger partial charge in [-0.2, -0.15) is 16.8 Å². The van der Waals surface area contributed by atoms with Crippen LogP contribution in [0.5, 0.6) is 11.5 Å². The highest BCUT2D eigenvalue weighted by atomic mass is 32.2. The van der Waals surface area contributed by atoms with Crippen molar-refractivity contribution in [3.8, 4) is 22.6 Å². The van der Waals surface area contributed by atoms with E-state index in [4.69, 9.17) is 9.47 Å². The summed E-state index contributed by atoms with van der Waals surface area (Å²) in [6.07, 6.45) is 0. The summed E-state index contributed by atoms with van der Waals surface area (Å²) in [4.78, 5) is -0.730. The van der Waals surface area contributed by atoms with Crippen LogP contribution >= 0.6 is 15.8 Å². The van der Waals surface area contributed by atoms with E-state index in [9.17, 15) is 25.9 Å². The lowest BCUT2D eigenvalue weighted by molar-refractivity contribution is 0.408. The fourth-order valence-corrected chi connectivity index (χ4v) is 12.0. The second kappa shape index (κ2) is 14.8. The molecule has 0 aliphatic rings. The van der Waals surface area contributed by atoms with Crippen molar-refractivity contribution >= 4 is 67.9 Å². The number of ether oxygens (including phenoxy) is 2. The molecule has 0 spiro atoms. The topological polar surface area (TPSA) is 127 Å². The van der Waals surface area contributed by atoms with E-state index in [1.165, 1.54) is 38.5 Å². The van der Waals surface area contributed by atoms with Gasteiger partial charge in [-0.3, -0.25) is 9.11 Å². The van der Waals surface area contributed by atoms with E-state index in [2.05, 4.69) is 0 Å². The van der Waals surface area contributed by atoms with Crippen LogP contribution < -0.4 is 41.3 Å². The Hall–Kier alpha value is -4.40. The molecular weight excluding hydrogens is 710 g/mol. The zero-order valence-electron chi connectivity index (χ0n) is 26.9. The molecule has 0 saturated heterocycles. The second-order valence-corrected chi connectivity index (χ2v) is 18.2. The highest BCUT2D eigenvalue weighted by Gasteiger charge is 2.33. The quantitative estimate of drug-likeness (QED) is 0.134. The minimum atomic E-state index is -4.72. The Morgan fingerprint density at radius 1 is 0.440 bits per heavy atom. The van der Waals surface area contributed by atoms with Crippen molar-refractivity contribution in [3.63, 3.8) is 0 Å². The molecule has 8 nitrogen and oxygen atoms in total. The molecule has 6 aromatic rings. The Balaban J connectivity index is 1.84. The van der Waals surface area contributed by atoms with Gasteiger partial charge in [0.05, 0.1) is 24.0 Å². The predicted molar refractivity (Wildman–Crippen MR) is 202 cm³/mol. The van der Waals surface area contributed by atoms with Gasteiger partial charge in [-0.25, -0.2) is 0 Å². The summed E-state index contributed by atoms with van der Waals surface area (Å²) in [6.45, 7) is 0. The van der Waals surface area contributed by atoms with E-state index in [1.54, 1.807) is 0 Å². The van der Waals surface area contributed by atoms with Gasteiger partial charge < -0.3 is 9.47 Å². The van der Waals surface area contributed by atoms with Gasteiger partial charge in [0.25, 0.3) is 20.2 Å². The average Bonchev–Trinajstić information content (AvgIpc) is 3.12. The van der Waals surface area contributed by atoms with E-state index in [0.717, 1.165) is 21.2 Å². The molecule has 2 N–H and O–H groups in total. The molecule has 0 saturated carbocycles. The number of methoxy groups -OCH3 is 2. The Morgan fingerprint density at radius 3 is 0.920 bits per heavy atom. The van der Waals surface area contributed by atoms with Crippen LogP contribution in [0.2, 0.25) is 0 Å². The summed E-state index contributed by atoms with van der Waals surface area (Å²) >= 11 is 0. The molecular formula is C38H32O8P2S2. The number of benzene rings is 6. The fraction of sp³-hybridized carbons (Fsp3) is 0.0526. The molecule has 0 aliphatic heterocycles. The van der Waals surface area contributed by atoms with Crippen molar-refractivity contribution in [2.45, 2.75) is 9.79 Å². The van der Waals surface area contributed by atoms with Crippen LogP contribution in [0.25, 0.3) is 11.1 Å². The molecule has 0 amide bonds. The van der Waals surface area contributed by atoms with Gasteiger partial charge in [-0.1, -0.05) is 121 Å². The van der Waals surface area contributed by atoms with Gasteiger partial charge in [0, 0.05) is 23.3 Å². The Kier molecular flexibility index (Phi) is 10.5. The molecule has 0 fully saturated rings. The lowest BCUT2D eigenvalue weighted by Crippen LogP contribution is -2.27. The summed E-state index contributed by atoms with van der Waals surface area (Å²) in [5, 5.41) is 4.56. The first-order valence-electron chi connectivity index (χ1n) is 15.2. The summed E-state index contributed by atoms with van der Waals surface area (Å²) in [5.41, 5.74) is 0.902. The van der Waals surface area contributed by atoms with Gasteiger partial charge in [-0.15, -0.1) is 0 Å². The highest BCUT2D eigenvalue weighted by Crippen LogP contribution is 2.48. The third kappa shape index (κ3) is 7.37. The molecule has 0 atom stereocenters. The molecule has 6 rings (SSSR count). The van der Waals surface area contributed by atoms with Crippen molar-refractivity contribution in [3.05, 3.63) is 146 Å². The first-order valence-corrected chi connectivity index (χ1v) is 20.8. The number of hydrogen-bond donors (Lipinski definition) is 2. The van der Waals surface area contributed by atoms with Gasteiger partial charge in [-0.05, 0) is 59.8 Å². The smallest absolute Gasteiger partial charge is 0.294 e. The van der Waals surface area contributed by atoms with Gasteiger partial charge in [0.1, 0.15) is 11.5 Å². The van der Waals surface area contributed by atoms with Crippen molar-refractivity contribution in [1.29, 1.82) is 0 Å². The summed E-state index contributed by atoms with van der Waals surface area (Å²) in [7, 11) is -9.70. The van der Waals surface area contributed by atoms with Crippen LogP contribution in [0, 0.1) is 0 Å². The molecule has 6 aromatic carbocycles. The van der Waals surface area contributed by atoms with Gasteiger partial charge in [0.2, 0.25) is 0 Å². The molecule has 0 aromatic heterocycles. The minimum Gasteiger partial charge on any atom is -0.496 e. The van der Waals surface area contributed by atoms with E-state index in [-0.39, 0.29) is 21.3 Å². The number of hydrogen-bond acceptors (Lipinski definition) is 6. The minimum absolute atomic E-state index is 0.115. The van der Waals surface area contributed by atoms with Gasteiger partial charge in [0.15, 0.2) is 0 Å². The molecule has 0 heterocycles. The zero-order chi connectivity index (χ0) is 35.5. The van der Waals surface area contributed by atoms with Gasteiger partial charge >= 0.3 is 0 Å². The standard InChI is InChI=1S/C38H32O8P2S2/c1-45-33-23-31(49(39,40)41)25-35(47(27-15-7-3-8-16-27)28-17-9-4-10-18-28)37(33)38-34(46-2)24-32(50(42,43)44)26-36(38)48(29-19-11-5-12-20-29)30-21-13-6-14-22-30/h3-26H,1-2H3,(H,39,40,41)(H,42,43,44). The van der Waals surface area contributed by atoms with Crippen LogP contribution in [0.1, 0.15) is 0 Å². The number of rotatable bonds is 11. The van der Waals surface area contributed by atoms with Crippen LogP contribution in [0.15, 0.2) is 155 Å². The molecule has 0 radical (unpaired) electrons. The maximum absolute atomic E-state index is 12.8. The Labute approximate surface area is 294 Å². The van der Waals surface area contributed by atoms with E-state index >= 15 is 0 Å². The largest absolute Gasteiger partial charge is 0.496 e. The Morgan fingerprint density at radius 2 is 0.700 bits per heavy atom. The maximum atomic E-state index is 12.8. The van der Waals surface area contributed by atoms with E-state index in [0.29, 0.717) is 21.7 Å². The molecule has 0 unspecified atom stereocenters. The van der Waals surface area contributed by atoms with Crippen molar-refractivity contribution < 1.29 is 35.4 Å². The highest BCUT2D eigenvalue weighted by molar-refractivity contribution is 7.86. The molecule has 12 heteroatoms. The molecule has 50 heavy (non-hydrogen) atoms. The maximum Gasteiger partial charge on any atom is 0.294 e. The third-order valence-corrected chi connectivity index (χ3v) is 14.5. The van der Waals surface area contributed by atoms with Crippen LogP contribution in [-0.2, 0) is 20.2 Å². The molecule has 0 aliphatic carbocycles. The first kappa shape index (κ1) is 35.4. The van der Waals surface area contributed by atoms with Crippen LogP contribution in [0.4, 0.5) is 0 Å². The monoisotopic (exact) mass is 742 g/mol. The lowest BCUT2D eigenvalue weighted by Gasteiger charge is -2.29. The Bertz CT molecular complexity index is 2090.